The monoisotopic (exact) mass is 220 g/mol. The van der Waals surface area contributed by atoms with Crippen LogP contribution in [0.15, 0.2) is 18.2 Å². The molecular weight excluding hydrogens is 208 g/mol. The Bertz CT molecular complexity index is 572. The molecule has 1 aromatic heterocycles. The van der Waals surface area contributed by atoms with Crippen molar-refractivity contribution < 1.29 is 9.66 Å². The van der Waals surface area contributed by atoms with Crippen LogP contribution in [-0.2, 0) is 7.05 Å². The second kappa shape index (κ2) is 3.52. The van der Waals surface area contributed by atoms with Gasteiger partial charge < -0.3 is 9.30 Å². The molecule has 0 saturated heterocycles. The summed E-state index contributed by atoms with van der Waals surface area (Å²) in [7, 11) is 3.32. The number of rotatable bonds is 2. The minimum atomic E-state index is -0.402. The van der Waals surface area contributed by atoms with Crippen LogP contribution in [0.1, 0.15) is 5.69 Å². The van der Waals surface area contributed by atoms with Crippen molar-refractivity contribution in [1.82, 2.24) is 4.57 Å². The summed E-state index contributed by atoms with van der Waals surface area (Å²) < 4.78 is 6.93. The van der Waals surface area contributed by atoms with E-state index in [4.69, 9.17) is 4.74 Å². The molecule has 0 unspecified atom stereocenters. The maximum Gasteiger partial charge on any atom is 0.320 e. The molecule has 2 aromatic rings. The minimum absolute atomic E-state index is 0.0312. The Morgan fingerprint density at radius 1 is 1.44 bits per heavy atom. The van der Waals surface area contributed by atoms with E-state index in [1.54, 1.807) is 12.1 Å². The molecule has 0 aliphatic carbocycles. The SMILES string of the molecule is COc1ccc2c(cc(C)n2C)c1[N+](=O)[O-]. The third-order valence-corrected chi connectivity index (χ3v) is 2.80. The van der Waals surface area contributed by atoms with Crippen LogP contribution in [0, 0.1) is 17.0 Å². The Morgan fingerprint density at radius 3 is 2.69 bits per heavy atom. The molecule has 1 aromatic carbocycles. The van der Waals surface area contributed by atoms with E-state index in [1.165, 1.54) is 7.11 Å². The van der Waals surface area contributed by atoms with Crippen LogP contribution >= 0.6 is 0 Å². The highest BCUT2D eigenvalue weighted by Gasteiger charge is 2.21. The predicted octanol–water partition coefficient (Wildman–Crippen LogP) is 2.40. The fraction of sp³-hybridized carbons (Fsp3) is 0.273. The van der Waals surface area contributed by atoms with Gasteiger partial charge in [0, 0.05) is 12.7 Å². The Balaban J connectivity index is 2.89. The van der Waals surface area contributed by atoms with Crippen molar-refractivity contribution in [3.8, 4) is 5.75 Å². The van der Waals surface area contributed by atoms with Gasteiger partial charge in [-0.05, 0) is 25.1 Å². The Labute approximate surface area is 92.4 Å². The second-order valence-electron chi connectivity index (χ2n) is 3.65. The number of aryl methyl sites for hydroxylation is 2. The van der Waals surface area contributed by atoms with E-state index in [1.807, 2.05) is 24.6 Å². The molecular formula is C11H12N2O3. The first-order valence-corrected chi connectivity index (χ1v) is 4.83. The molecule has 1 heterocycles. The zero-order chi connectivity index (χ0) is 11.9. The van der Waals surface area contributed by atoms with Gasteiger partial charge in [-0.1, -0.05) is 0 Å². The van der Waals surface area contributed by atoms with E-state index in [0.29, 0.717) is 11.1 Å². The van der Waals surface area contributed by atoms with Crippen molar-refractivity contribution in [2.45, 2.75) is 6.92 Å². The summed E-state index contributed by atoms with van der Waals surface area (Å²) >= 11 is 0. The molecule has 0 saturated carbocycles. The number of fused-ring (bicyclic) bond motifs is 1. The summed E-state index contributed by atoms with van der Waals surface area (Å²) in [6.07, 6.45) is 0. The average Bonchev–Trinajstić information content (AvgIpc) is 2.53. The Kier molecular flexibility index (Phi) is 2.30. The molecule has 5 heteroatoms. The van der Waals surface area contributed by atoms with E-state index in [9.17, 15) is 10.1 Å². The number of hydrogen-bond donors (Lipinski definition) is 0. The zero-order valence-corrected chi connectivity index (χ0v) is 9.35. The van der Waals surface area contributed by atoms with E-state index < -0.39 is 4.92 Å². The molecule has 84 valence electrons. The topological polar surface area (TPSA) is 57.3 Å². The summed E-state index contributed by atoms with van der Waals surface area (Å²) in [5.41, 5.74) is 1.85. The standard InChI is InChI=1S/C11H12N2O3/c1-7-6-8-9(12(7)2)4-5-10(16-3)11(8)13(14)15/h4-6H,1-3H3. The lowest BCUT2D eigenvalue weighted by Crippen LogP contribution is -1.95. The van der Waals surface area contributed by atoms with Gasteiger partial charge in [-0.2, -0.15) is 0 Å². The number of aromatic nitrogens is 1. The molecule has 0 amide bonds. The molecule has 0 atom stereocenters. The lowest BCUT2D eigenvalue weighted by molar-refractivity contribution is -0.383. The van der Waals surface area contributed by atoms with Gasteiger partial charge in [-0.3, -0.25) is 10.1 Å². The predicted molar refractivity (Wildman–Crippen MR) is 60.9 cm³/mol. The lowest BCUT2D eigenvalue weighted by atomic mass is 10.2. The van der Waals surface area contributed by atoms with Crippen molar-refractivity contribution in [3.63, 3.8) is 0 Å². The van der Waals surface area contributed by atoms with E-state index >= 15 is 0 Å². The van der Waals surface area contributed by atoms with Gasteiger partial charge in [0.15, 0.2) is 5.75 Å². The van der Waals surface area contributed by atoms with Gasteiger partial charge in [-0.25, -0.2) is 0 Å². The normalized spacial score (nSPS) is 10.7. The fourth-order valence-electron chi connectivity index (χ4n) is 1.86. The van der Waals surface area contributed by atoms with Crippen LogP contribution in [0.25, 0.3) is 10.9 Å². The average molecular weight is 220 g/mol. The van der Waals surface area contributed by atoms with Crippen molar-refractivity contribution >= 4 is 16.6 Å². The molecule has 0 bridgehead atoms. The van der Waals surface area contributed by atoms with Crippen LogP contribution < -0.4 is 4.74 Å². The molecule has 0 aliphatic heterocycles. The van der Waals surface area contributed by atoms with Crippen LogP contribution in [0.3, 0.4) is 0 Å². The molecule has 5 nitrogen and oxygen atoms in total. The third kappa shape index (κ3) is 1.32. The van der Waals surface area contributed by atoms with Gasteiger partial charge in [0.25, 0.3) is 0 Å². The summed E-state index contributed by atoms with van der Waals surface area (Å²) in [5.74, 6) is 0.295. The largest absolute Gasteiger partial charge is 0.490 e. The van der Waals surface area contributed by atoms with Gasteiger partial charge in [0.05, 0.1) is 22.9 Å². The van der Waals surface area contributed by atoms with Crippen LogP contribution in [0.5, 0.6) is 5.75 Å². The molecule has 16 heavy (non-hydrogen) atoms. The van der Waals surface area contributed by atoms with Gasteiger partial charge in [0.1, 0.15) is 0 Å². The van der Waals surface area contributed by atoms with Crippen LogP contribution in [-0.4, -0.2) is 16.6 Å². The zero-order valence-electron chi connectivity index (χ0n) is 9.35. The third-order valence-electron chi connectivity index (χ3n) is 2.80. The number of benzene rings is 1. The summed E-state index contributed by atoms with van der Waals surface area (Å²) in [5, 5.41) is 11.6. The van der Waals surface area contributed by atoms with E-state index in [0.717, 1.165) is 11.2 Å². The fourth-order valence-corrected chi connectivity index (χ4v) is 1.86. The van der Waals surface area contributed by atoms with E-state index in [-0.39, 0.29) is 5.69 Å². The quantitative estimate of drug-likeness (QED) is 0.576. The van der Waals surface area contributed by atoms with Crippen molar-refractivity contribution in [3.05, 3.63) is 34.0 Å². The van der Waals surface area contributed by atoms with Crippen molar-refractivity contribution in [1.29, 1.82) is 0 Å². The number of nitrogens with zero attached hydrogens (tertiary/aromatic N) is 2. The molecule has 2 rings (SSSR count). The Hall–Kier alpha value is -2.04. The highest BCUT2D eigenvalue weighted by atomic mass is 16.6. The van der Waals surface area contributed by atoms with Crippen LogP contribution in [0.4, 0.5) is 5.69 Å². The van der Waals surface area contributed by atoms with Crippen LogP contribution in [0.2, 0.25) is 0 Å². The summed E-state index contributed by atoms with van der Waals surface area (Å²) in [4.78, 5) is 10.6. The second-order valence-corrected chi connectivity index (χ2v) is 3.65. The maximum atomic E-state index is 11.0. The molecule has 0 fully saturated rings. The van der Waals surface area contributed by atoms with Crippen molar-refractivity contribution in [2.24, 2.45) is 7.05 Å². The van der Waals surface area contributed by atoms with Gasteiger partial charge in [-0.15, -0.1) is 0 Å². The minimum Gasteiger partial charge on any atom is -0.490 e. The Morgan fingerprint density at radius 2 is 2.12 bits per heavy atom. The smallest absolute Gasteiger partial charge is 0.320 e. The number of hydrogen-bond acceptors (Lipinski definition) is 3. The molecule has 0 N–H and O–H groups in total. The summed E-state index contributed by atoms with van der Waals surface area (Å²) in [6, 6.07) is 5.25. The number of nitro benzene ring substituents is 1. The van der Waals surface area contributed by atoms with Crippen molar-refractivity contribution in [2.75, 3.05) is 7.11 Å². The maximum absolute atomic E-state index is 11.0. The first-order chi connectivity index (χ1) is 7.56. The van der Waals surface area contributed by atoms with Gasteiger partial charge >= 0.3 is 5.69 Å². The molecule has 0 radical (unpaired) electrons. The number of nitro groups is 1. The molecule has 0 aliphatic rings. The number of ether oxygens (including phenoxy) is 1. The first kappa shape index (κ1) is 10.5. The summed E-state index contributed by atoms with van der Waals surface area (Å²) in [6.45, 7) is 1.91. The number of methoxy groups -OCH3 is 1. The van der Waals surface area contributed by atoms with E-state index in [2.05, 4.69) is 0 Å². The highest BCUT2D eigenvalue weighted by molar-refractivity contribution is 5.92. The lowest BCUT2D eigenvalue weighted by Gasteiger charge is -2.03. The first-order valence-electron chi connectivity index (χ1n) is 4.83. The highest BCUT2D eigenvalue weighted by Crippen LogP contribution is 2.36. The van der Waals surface area contributed by atoms with Gasteiger partial charge in [0.2, 0.25) is 0 Å². The molecule has 0 spiro atoms.